The molecule has 6 heteroatoms. The Balaban J connectivity index is 2.00. The Bertz CT molecular complexity index is 512. The largest absolute Gasteiger partial charge is 0.339 e. The zero-order chi connectivity index (χ0) is 13.7. The number of pyridine rings is 1. The Morgan fingerprint density at radius 1 is 1.42 bits per heavy atom. The maximum Gasteiger partial charge on any atom is 0.228 e. The van der Waals surface area contributed by atoms with E-state index in [9.17, 15) is 4.39 Å². The first kappa shape index (κ1) is 13.6. The normalized spacial score (nSPS) is 12.6. The van der Waals surface area contributed by atoms with Gasteiger partial charge in [0.15, 0.2) is 0 Å². The molecule has 2 aromatic heterocycles. The molecule has 2 rings (SSSR count). The van der Waals surface area contributed by atoms with Crippen molar-refractivity contribution >= 4 is 0 Å². The summed E-state index contributed by atoms with van der Waals surface area (Å²) >= 11 is 0. The van der Waals surface area contributed by atoms with E-state index in [4.69, 9.17) is 4.52 Å². The minimum Gasteiger partial charge on any atom is -0.339 e. The number of hydrogen-bond donors (Lipinski definition) is 1. The van der Waals surface area contributed by atoms with Gasteiger partial charge in [-0.2, -0.15) is 4.98 Å². The maximum atomic E-state index is 12.8. The SMILES string of the molecule is CCCNC(C)Cc1nc(-c2ccc(F)cn2)no1. The highest BCUT2D eigenvalue weighted by Crippen LogP contribution is 2.13. The van der Waals surface area contributed by atoms with Crippen LogP contribution in [0.15, 0.2) is 22.9 Å². The van der Waals surface area contributed by atoms with Crippen LogP contribution < -0.4 is 5.32 Å². The summed E-state index contributed by atoms with van der Waals surface area (Å²) in [5.74, 6) is 0.555. The first-order valence-corrected chi connectivity index (χ1v) is 6.37. The molecule has 5 nitrogen and oxygen atoms in total. The molecule has 0 aliphatic rings. The van der Waals surface area contributed by atoms with Crippen LogP contribution in [0.25, 0.3) is 11.5 Å². The van der Waals surface area contributed by atoms with Crippen LogP contribution >= 0.6 is 0 Å². The Kier molecular flexibility index (Phi) is 4.57. The van der Waals surface area contributed by atoms with Crippen LogP contribution in [0, 0.1) is 5.82 Å². The molecule has 102 valence electrons. The number of aromatic nitrogens is 3. The lowest BCUT2D eigenvalue weighted by atomic mass is 10.2. The second-order valence-electron chi connectivity index (χ2n) is 4.43. The fourth-order valence-electron chi connectivity index (χ4n) is 1.67. The van der Waals surface area contributed by atoms with Gasteiger partial charge in [-0.15, -0.1) is 0 Å². The summed E-state index contributed by atoms with van der Waals surface area (Å²) in [5, 5.41) is 7.19. The van der Waals surface area contributed by atoms with E-state index in [1.165, 1.54) is 12.1 Å². The molecule has 0 bridgehead atoms. The molecule has 0 fully saturated rings. The molecule has 0 aliphatic heterocycles. The van der Waals surface area contributed by atoms with Crippen LogP contribution in [-0.2, 0) is 6.42 Å². The van der Waals surface area contributed by atoms with Gasteiger partial charge < -0.3 is 9.84 Å². The predicted molar refractivity (Wildman–Crippen MR) is 68.9 cm³/mol. The highest BCUT2D eigenvalue weighted by Gasteiger charge is 2.12. The van der Waals surface area contributed by atoms with E-state index in [0.717, 1.165) is 19.2 Å². The van der Waals surface area contributed by atoms with E-state index in [-0.39, 0.29) is 11.9 Å². The molecule has 1 atom stereocenters. The molecule has 0 radical (unpaired) electrons. The van der Waals surface area contributed by atoms with Crippen LogP contribution in [0.3, 0.4) is 0 Å². The van der Waals surface area contributed by atoms with Crippen molar-refractivity contribution in [1.29, 1.82) is 0 Å². The molecule has 0 saturated carbocycles. The molecule has 0 saturated heterocycles. The average Bonchev–Trinajstić information content (AvgIpc) is 2.85. The average molecular weight is 264 g/mol. The minimum atomic E-state index is -0.384. The fraction of sp³-hybridized carbons (Fsp3) is 0.462. The van der Waals surface area contributed by atoms with Gasteiger partial charge in [-0.25, -0.2) is 9.37 Å². The van der Waals surface area contributed by atoms with Crippen LogP contribution in [0.2, 0.25) is 0 Å². The van der Waals surface area contributed by atoms with Gasteiger partial charge in [-0.1, -0.05) is 12.1 Å². The third-order valence-electron chi connectivity index (χ3n) is 2.65. The Labute approximate surface area is 111 Å². The van der Waals surface area contributed by atoms with Crippen molar-refractivity contribution < 1.29 is 8.91 Å². The number of nitrogens with zero attached hydrogens (tertiary/aromatic N) is 3. The van der Waals surface area contributed by atoms with Crippen molar-refractivity contribution in [2.24, 2.45) is 0 Å². The summed E-state index contributed by atoms with van der Waals surface area (Å²) in [6, 6.07) is 3.13. The fourth-order valence-corrected chi connectivity index (χ4v) is 1.67. The first-order valence-electron chi connectivity index (χ1n) is 6.37. The van der Waals surface area contributed by atoms with E-state index >= 15 is 0 Å². The van der Waals surface area contributed by atoms with E-state index in [2.05, 4.69) is 34.3 Å². The Morgan fingerprint density at radius 3 is 2.95 bits per heavy atom. The Morgan fingerprint density at radius 2 is 2.26 bits per heavy atom. The second kappa shape index (κ2) is 6.38. The summed E-state index contributed by atoms with van der Waals surface area (Å²) in [6.07, 6.45) is 2.88. The highest BCUT2D eigenvalue weighted by atomic mass is 19.1. The lowest BCUT2D eigenvalue weighted by Gasteiger charge is -2.09. The molecular formula is C13H17FN4O. The number of rotatable bonds is 6. The van der Waals surface area contributed by atoms with Gasteiger partial charge in [0.2, 0.25) is 11.7 Å². The topological polar surface area (TPSA) is 63.8 Å². The van der Waals surface area contributed by atoms with Crippen molar-refractivity contribution in [1.82, 2.24) is 20.4 Å². The molecular weight excluding hydrogens is 247 g/mol. The molecule has 0 amide bonds. The van der Waals surface area contributed by atoms with Gasteiger partial charge in [-0.3, -0.25) is 0 Å². The van der Waals surface area contributed by atoms with Gasteiger partial charge in [0.1, 0.15) is 11.5 Å². The van der Waals surface area contributed by atoms with E-state index < -0.39 is 0 Å². The predicted octanol–water partition coefficient (Wildman–Crippen LogP) is 2.20. The summed E-state index contributed by atoms with van der Waals surface area (Å²) in [6.45, 7) is 5.14. The summed E-state index contributed by atoms with van der Waals surface area (Å²) in [7, 11) is 0. The lowest BCUT2D eigenvalue weighted by Crippen LogP contribution is -2.28. The second-order valence-corrected chi connectivity index (χ2v) is 4.43. The van der Waals surface area contributed by atoms with Gasteiger partial charge >= 0.3 is 0 Å². The van der Waals surface area contributed by atoms with Gasteiger partial charge in [-0.05, 0) is 32.0 Å². The highest BCUT2D eigenvalue weighted by molar-refractivity contribution is 5.47. The molecule has 1 N–H and O–H groups in total. The van der Waals surface area contributed by atoms with E-state index in [1.54, 1.807) is 0 Å². The minimum absolute atomic E-state index is 0.273. The monoisotopic (exact) mass is 264 g/mol. The molecule has 0 aliphatic carbocycles. The molecule has 2 aromatic rings. The zero-order valence-electron chi connectivity index (χ0n) is 11.1. The molecule has 0 aromatic carbocycles. The van der Waals surface area contributed by atoms with E-state index in [1.807, 2.05) is 0 Å². The van der Waals surface area contributed by atoms with Gasteiger partial charge in [0.05, 0.1) is 6.20 Å². The van der Waals surface area contributed by atoms with Crippen molar-refractivity contribution in [3.8, 4) is 11.5 Å². The van der Waals surface area contributed by atoms with Crippen LogP contribution in [0.5, 0.6) is 0 Å². The van der Waals surface area contributed by atoms with Gasteiger partial charge in [0.25, 0.3) is 0 Å². The summed E-state index contributed by atoms with van der Waals surface area (Å²) in [5.41, 5.74) is 0.505. The number of hydrogen-bond acceptors (Lipinski definition) is 5. The standard InChI is InChI=1S/C13H17FN4O/c1-3-6-15-9(2)7-12-17-13(18-19-12)11-5-4-10(14)8-16-11/h4-5,8-9,15H,3,6-7H2,1-2H3. The van der Waals surface area contributed by atoms with Crippen molar-refractivity contribution in [2.75, 3.05) is 6.54 Å². The molecule has 2 heterocycles. The van der Waals surface area contributed by atoms with Crippen molar-refractivity contribution in [3.05, 3.63) is 30.0 Å². The quantitative estimate of drug-likeness (QED) is 0.866. The molecule has 0 spiro atoms. The van der Waals surface area contributed by atoms with Crippen molar-refractivity contribution in [3.63, 3.8) is 0 Å². The molecule has 1 unspecified atom stereocenters. The Hall–Kier alpha value is -1.82. The van der Waals surface area contributed by atoms with Crippen molar-refractivity contribution in [2.45, 2.75) is 32.7 Å². The maximum absolute atomic E-state index is 12.8. The van der Waals surface area contributed by atoms with E-state index in [0.29, 0.717) is 23.8 Å². The van der Waals surface area contributed by atoms with Crippen LogP contribution in [-0.4, -0.2) is 27.7 Å². The lowest BCUT2D eigenvalue weighted by molar-refractivity contribution is 0.362. The van der Waals surface area contributed by atoms with Crippen LogP contribution in [0.4, 0.5) is 4.39 Å². The zero-order valence-corrected chi connectivity index (χ0v) is 11.1. The number of nitrogens with one attached hydrogen (secondary N) is 1. The van der Waals surface area contributed by atoms with Gasteiger partial charge in [0, 0.05) is 12.5 Å². The third-order valence-corrected chi connectivity index (χ3v) is 2.65. The first-order chi connectivity index (χ1) is 9.19. The number of halogens is 1. The summed E-state index contributed by atoms with van der Waals surface area (Å²) < 4.78 is 17.9. The smallest absolute Gasteiger partial charge is 0.228 e. The molecule has 19 heavy (non-hydrogen) atoms. The third kappa shape index (κ3) is 3.82. The summed E-state index contributed by atoms with van der Waals surface area (Å²) in [4.78, 5) is 8.17. The van der Waals surface area contributed by atoms with Crippen LogP contribution in [0.1, 0.15) is 26.2 Å².